The maximum Gasteiger partial charge on any atom is 0.306 e. The highest BCUT2D eigenvalue weighted by Gasteiger charge is 2.07. The van der Waals surface area contributed by atoms with Crippen molar-refractivity contribution in [1.29, 1.82) is 0 Å². The molecule has 0 aromatic heterocycles. The lowest BCUT2D eigenvalue weighted by molar-refractivity contribution is -0.146. The number of esters is 3. The van der Waals surface area contributed by atoms with Crippen LogP contribution in [0.25, 0.3) is 0 Å². The van der Waals surface area contributed by atoms with E-state index in [-0.39, 0.29) is 124 Å². The number of carbonyl (C=O) groups excluding carboxylic acids is 7. The number of ketones is 4. The summed E-state index contributed by atoms with van der Waals surface area (Å²) < 4.78 is 14.6. The largest absolute Gasteiger partial charge is 0.481 e. The minimum atomic E-state index is -0.916. The van der Waals surface area contributed by atoms with Gasteiger partial charge in [-0.05, 0) is 66.2 Å². The SMILES string of the molecule is CC(=O)CCC(=O)O.CC(=O)CCC(=O)OCCCCO.CC(=O)CCC(=O)OCCCCOC(=O)CCC(C)=O.O.O.OCCCCO. The van der Waals surface area contributed by atoms with Crippen molar-refractivity contribution in [2.24, 2.45) is 0 Å². The fourth-order valence-electron chi connectivity index (χ4n) is 2.53. The van der Waals surface area contributed by atoms with Crippen molar-refractivity contribution >= 4 is 47.0 Å². The van der Waals surface area contributed by atoms with Crippen LogP contribution in [0.2, 0.25) is 0 Å². The number of rotatable bonds is 24. The number of aliphatic hydroxyl groups excluding tert-OH is 3. The third-order valence-electron chi connectivity index (χ3n) is 5.18. The molecular weight excluding hydrogens is 656 g/mol. The maximum atomic E-state index is 11.1. The highest BCUT2D eigenvalue weighted by atomic mass is 16.5. The Balaban J connectivity index is -0.000000137. The zero-order valence-electron chi connectivity index (χ0n) is 29.4. The number of carboxylic acids is 1. The van der Waals surface area contributed by atoms with E-state index >= 15 is 0 Å². The zero-order chi connectivity index (χ0) is 36.9. The van der Waals surface area contributed by atoms with Crippen LogP contribution in [0.3, 0.4) is 0 Å². The summed E-state index contributed by atoms with van der Waals surface area (Å²) in [6, 6.07) is 0. The molecule has 0 aromatic rings. The molecule has 0 saturated heterocycles. The number of ether oxygens (including phenoxy) is 3. The van der Waals surface area contributed by atoms with E-state index in [9.17, 15) is 38.4 Å². The van der Waals surface area contributed by atoms with Gasteiger partial charge in [-0.3, -0.25) is 19.2 Å². The molecule has 0 spiro atoms. The Labute approximate surface area is 288 Å². The number of aliphatic hydroxyl groups is 3. The number of Topliss-reactive ketones (excluding diaryl/α,β-unsaturated/α-hetero) is 4. The van der Waals surface area contributed by atoms with Crippen LogP contribution >= 0.6 is 0 Å². The molecule has 17 heteroatoms. The topological polar surface area (TPSA) is 308 Å². The minimum absolute atomic E-state index is 0. The fraction of sp³-hybridized carbons (Fsp3) is 0.750. The number of unbranched alkanes of at least 4 members (excludes halogenated alkanes) is 3. The fourth-order valence-corrected chi connectivity index (χ4v) is 2.53. The molecule has 0 aliphatic carbocycles. The summed E-state index contributed by atoms with van der Waals surface area (Å²) in [5.74, 6) is -2.20. The molecule has 8 N–H and O–H groups in total. The van der Waals surface area contributed by atoms with Crippen LogP contribution in [0.5, 0.6) is 0 Å². The molecule has 0 atom stereocenters. The molecular formula is C32H60O17. The van der Waals surface area contributed by atoms with E-state index in [0.717, 1.165) is 12.8 Å². The molecule has 0 aliphatic heterocycles. The van der Waals surface area contributed by atoms with Gasteiger partial charge in [-0.2, -0.15) is 0 Å². The van der Waals surface area contributed by atoms with Gasteiger partial charge < -0.3 is 64.8 Å². The summed E-state index contributed by atoms with van der Waals surface area (Å²) >= 11 is 0. The van der Waals surface area contributed by atoms with Gasteiger partial charge >= 0.3 is 23.9 Å². The van der Waals surface area contributed by atoms with E-state index in [1.165, 1.54) is 27.7 Å². The molecule has 0 unspecified atom stereocenters. The monoisotopic (exact) mass is 716 g/mol. The number of hydrogen-bond donors (Lipinski definition) is 4. The van der Waals surface area contributed by atoms with Gasteiger partial charge in [-0.25, -0.2) is 0 Å². The molecule has 0 amide bonds. The Morgan fingerprint density at radius 2 is 0.612 bits per heavy atom. The maximum absolute atomic E-state index is 11.1. The number of carboxylic acid groups (broad SMARTS) is 1. The average molecular weight is 717 g/mol. The lowest BCUT2D eigenvalue weighted by Gasteiger charge is -2.05. The lowest BCUT2D eigenvalue weighted by atomic mass is 10.2. The highest BCUT2D eigenvalue weighted by molar-refractivity contribution is 5.82. The van der Waals surface area contributed by atoms with Gasteiger partial charge in [0.1, 0.15) is 23.1 Å². The third-order valence-corrected chi connectivity index (χ3v) is 5.18. The van der Waals surface area contributed by atoms with Crippen LogP contribution in [0.4, 0.5) is 0 Å². The van der Waals surface area contributed by atoms with E-state index < -0.39 is 17.9 Å². The molecule has 0 bridgehead atoms. The number of aliphatic carboxylic acids is 1. The predicted molar refractivity (Wildman–Crippen MR) is 176 cm³/mol. The Morgan fingerprint density at radius 1 is 0.388 bits per heavy atom. The van der Waals surface area contributed by atoms with Crippen molar-refractivity contribution in [3.63, 3.8) is 0 Å². The smallest absolute Gasteiger partial charge is 0.306 e. The Hall–Kier alpha value is -3.64. The predicted octanol–water partition coefficient (Wildman–Crippen LogP) is 0.805. The van der Waals surface area contributed by atoms with E-state index in [4.69, 9.17) is 34.6 Å². The quantitative estimate of drug-likeness (QED) is 0.0610. The molecule has 0 aromatic carbocycles. The first-order valence-electron chi connectivity index (χ1n) is 15.6. The van der Waals surface area contributed by atoms with Gasteiger partial charge in [0.05, 0.1) is 45.5 Å². The highest BCUT2D eigenvalue weighted by Crippen LogP contribution is 2.00. The zero-order valence-corrected chi connectivity index (χ0v) is 29.4. The standard InChI is InChI=1S/C14H22O6.C9H16O4.C5H8O3.C4H10O2.2H2O/c1-11(15)5-7-13(17)19-9-3-4-10-20-14(18)8-6-12(2)16;1-8(11)4-5-9(12)13-7-3-2-6-10;1-4(6)2-3-5(7)8;5-3-1-2-4-6;;/h3-10H2,1-2H3;10H,2-7H2,1H3;2-3H2,1H3,(H,7,8);5-6H,1-4H2;2*1H2. The van der Waals surface area contributed by atoms with Gasteiger partial charge in [-0.1, -0.05) is 0 Å². The summed E-state index contributed by atoms with van der Waals surface area (Å²) in [6.07, 6.45) is 5.05. The molecule has 0 rings (SSSR count). The average Bonchev–Trinajstić information content (AvgIpc) is 3.00. The molecule has 17 nitrogen and oxygen atoms in total. The first kappa shape index (κ1) is 57.6. The third kappa shape index (κ3) is 67.4. The molecule has 0 aliphatic rings. The van der Waals surface area contributed by atoms with Crippen molar-refractivity contribution in [3.8, 4) is 0 Å². The van der Waals surface area contributed by atoms with Crippen molar-refractivity contribution in [2.45, 2.75) is 118 Å². The summed E-state index contributed by atoms with van der Waals surface area (Å²) in [6.45, 7) is 7.01. The normalized spacial score (nSPS) is 9.12. The van der Waals surface area contributed by atoms with Gasteiger partial charge in [-0.15, -0.1) is 0 Å². The van der Waals surface area contributed by atoms with Crippen molar-refractivity contribution < 1.29 is 83.9 Å². The van der Waals surface area contributed by atoms with E-state index in [1.54, 1.807) is 0 Å². The lowest BCUT2D eigenvalue weighted by Crippen LogP contribution is -2.10. The van der Waals surface area contributed by atoms with Crippen LogP contribution in [-0.2, 0) is 52.6 Å². The number of carbonyl (C=O) groups is 8. The van der Waals surface area contributed by atoms with E-state index in [2.05, 4.69) is 0 Å². The van der Waals surface area contributed by atoms with E-state index in [0.29, 0.717) is 32.3 Å². The molecule has 0 radical (unpaired) electrons. The van der Waals surface area contributed by atoms with Gasteiger partial charge in [0.25, 0.3) is 0 Å². The molecule has 290 valence electrons. The molecule has 49 heavy (non-hydrogen) atoms. The van der Waals surface area contributed by atoms with Crippen LogP contribution in [0.1, 0.15) is 118 Å². The molecule has 0 heterocycles. The Bertz CT molecular complexity index is 835. The van der Waals surface area contributed by atoms with Crippen molar-refractivity contribution in [1.82, 2.24) is 0 Å². The van der Waals surface area contributed by atoms with E-state index in [1.807, 2.05) is 0 Å². The van der Waals surface area contributed by atoms with Gasteiger partial charge in [0, 0.05) is 45.5 Å². The van der Waals surface area contributed by atoms with Crippen LogP contribution < -0.4 is 0 Å². The number of hydrogen-bond acceptors (Lipinski definition) is 14. The van der Waals surface area contributed by atoms with Gasteiger partial charge in [0.15, 0.2) is 0 Å². The molecule has 0 fully saturated rings. The second-order valence-electron chi connectivity index (χ2n) is 10.2. The Kier molecular flexibility index (Phi) is 52.2. The van der Waals surface area contributed by atoms with Crippen molar-refractivity contribution in [2.75, 3.05) is 39.6 Å². The van der Waals surface area contributed by atoms with Crippen LogP contribution in [-0.4, -0.2) is 118 Å². The second-order valence-corrected chi connectivity index (χ2v) is 10.2. The molecule has 0 saturated carbocycles. The summed E-state index contributed by atoms with van der Waals surface area (Å²) in [4.78, 5) is 84.8. The van der Waals surface area contributed by atoms with Gasteiger partial charge in [0.2, 0.25) is 0 Å². The van der Waals surface area contributed by atoms with Crippen LogP contribution in [0, 0.1) is 0 Å². The second kappa shape index (κ2) is 44.4. The Morgan fingerprint density at radius 3 is 0.816 bits per heavy atom. The first-order chi connectivity index (χ1) is 22.1. The van der Waals surface area contributed by atoms with Crippen LogP contribution in [0.15, 0.2) is 0 Å². The summed E-state index contributed by atoms with van der Waals surface area (Å²) in [5, 5.41) is 32.6. The van der Waals surface area contributed by atoms with Crippen molar-refractivity contribution in [3.05, 3.63) is 0 Å². The summed E-state index contributed by atoms with van der Waals surface area (Å²) in [5.41, 5.74) is 0. The first-order valence-corrected chi connectivity index (χ1v) is 15.6. The summed E-state index contributed by atoms with van der Waals surface area (Å²) in [7, 11) is 0. The minimum Gasteiger partial charge on any atom is -0.481 e.